The summed E-state index contributed by atoms with van der Waals surface area (Å²) in [5, 5.41) is 6.58. The molecule has 1 fully saturated rings. The third-order valence-electron chi connectivity index (χ3n) is 6.99. The van der Waals surface area contributed by atoms with Crippen LogP contribution in [-0.4, -0.2) is 43.2 Å². The monoisotopic (exact) mass is 603 g/mol. The van der Waals surface area contributed by atoms with E-state index in [-0.39, 0.29) is 25.0 Å². The summed E-state index contributed by atoms with van der Waals surface area (Å²) in [6.45, 7) is 1.31. The molecule has 1 aromatic heterocycles. The normalized spacial score (nSPS) is 14.3. The van der Waals surface area contributed by atoms with Gasteiger partial charge >= 0.3 is 5.97 Å². The number of esters is 1. The fraction of sp³-hybridized carbons (Fsp3) is 0.242. The van der Waals surface area contributed by atoms with E-state index in [1.54, 1.807) is 36.4 Å². The lowest BCUT2D eigenvalue weighted by Crippen LogP contribution is -2.21. The van der Waals surface area contributed by atoms with Gasteiger partial charge in [-0.05, 0) is 54.8 Å². The van der Waals surface area contributed by atoms with Crippen molar-refractivity contribution in [3.63, 3.8) is 0 Å². The van der Waals surface area contributed by atoms with Gasteiger partial charge in [0.05, 0.1) is 42.3 Å². The second-order valence-electron chi connectivity index (χ2n) is 10.1. The van der Waals surface area contributed by atoms with E-state index in [0.29, 0.717) is 45.6 Å². The third kappa shape index (κ3) is 8.09. The molecule has 1 atom stereocenters. The van der Waals surface area contributed by atoms with E-state index < -0.39 is 11.8 Å². The maximum absolute atomic E-state index is 14.1. The van der Waals surface area contributed by atoms with Crippen molar-refractivity contribution in [1.29, 1.82) is 0 Å². The van der Waals surface area contributed by atoms with Crippen LogP contribution in [0.5, 0.6) is 5.88 Å². The van der Waals surface area contributed by atoms with Gasteiger partial charge in [-0.1, -0.05) is 48.0 Å². The molecule has 43 heavy (non-hydrogen) atoms. The van der Waals surface area contributed by atoms with Crippen LogP contribution in [0.25, 0.3) is 11.3 Å². The first-order chi connectivity index (χ1) is 20.9. The molecule has 1 aliphatic rings. The van der Waals surface area contributed by atoms with E-state index in [4.69, 9.17) is 25.8 Å². The third-order valence-corrected chi connectivity index (χ3v) is 7.22. The number of amides is 1. The average molecular weight is 604 g/mol. The van der Waals surface area contributed by atoms with Gasteiger partial charge < -0.3 is 24.8 Å². The van der Waals surface area contributed by atoms with Crippen molar-refractivity contribution >= 4 is 34.9 Å². The minimum atomic E-state index is -0.458. The number of rotatable bonds is 11. The maximum Gasteiger partial charge on any atom is 0.337 e. The number of carbonyl (C=O) groups excluding carboxylic acids is 2. The molecule has 3 aromatic carbocycles. The Morgan fingerprint density at radius 1 is 1.05 bits per heavy atom. The number of hydrogen-bond donors (Lipinski definition) is 2. The molecule has 5 rings (SSSR count). The standard InChI is InChI=1S/C33H31ClFN3O5/c1-41-33(40)23-12-14-29(30(17-23)36-19-26-4-3-15-42-26)37-31(39)16-21-7-9-22(10-8-21)28-5-2-6-32(38-28)43-20-24-11-13-25(34)18-27(24)35/h2,5-14,17-18,26,36H,3-4,15-16,19-20H2,1H3,(H,37,39)/t26-/m1/s1. The molecule has 4 aromatic rings. The van der Waals surface area contributed by atoms with Crippen LogP contribution in [0.15, 0.2) is 78.9 Å². The van der Waals surface area contributed by atoms with Crippen molar-refractivity contribution in [3.8, 4) is 17.1 Å². The van der Waals surface area contributed by atoms with Gasteiger partial charge in [0.25, 0.3) is 0 Å². The van der Waals surface area contributed by atoms with Crippen molar-refractivity contribution in [3.05, 3.63) is 106 Å². The largest absolute Gasteiger partial charge is 0.473 e. The summed E-state index contributed by atoms with van der Waals surface area (Å²) in [5.41, 5.74) is 4.27. The number of pyridine rings is 1. The highest BCUT2D eigenvalue weighted by atomic mass is 35.5. The van der Waals surface area contributed by atoms with Gasteiger partial charge in [0.15, 0.2) is 0 Å². The van der Waals surface area contributed by atoms with Crippen LogP contribution in [0.4, 0.5) is 15.8 Å². The molecule has 1 aliphatic heterocycles. The number of carbonyl (C=O) groups is 2. The van der Waals surface area contributed by atoms with Gasteiger partial charge in [-0.2, -0.15) is 0 Å². The van der Waals surface area contributed by atoms with Gasteiger partial charge in [-0.25, -0.2) is 14.2 Å². The summed E-state index contributed by atoms with van der Waals surface area (Å²) in [7, 11) is 1.33. The summed E-state index contributed by atoms with van der Waals surface area (Å²) in [4.78, 5) is 29.6. The lowest BCUT2D eigenvalue weighted by molar-refractivity contribution is -0.115. The number of aromatic nitrogens is 1. The number of anilines is 2. The minimum Gasteiger partial charge on any atom is -0.473 e. The highest BCUT2D eigenvalue weighted by Gasteiger charge is 2.18. The second-order valence-corrected chi connectivity index (χ2v) is 10.5. The van der Waals surface area contributed by atoms with Gasteiger partial charge in [-0.3, -0.25) is 4.79 Å². The van der Waals surface area contributed by atoms with Crippen molar-refractivity contribution in [2.24, 2.45) is 0 Å². The van der Waals surface area contributed by atoms with Gasteiger partial charge in [0, 0.05) is 35.4 Å². The van der Waals surface area contributed by atoms with Gasteiger partial charge in [-0.15, -0.1) is 0 Å². The van der Waals surface area contributed by atoms with Crippen LogP contribution in [0.3, 0.4) is 0 Å². The van der Waals surface area contributed by atoms with E-state index in [1.165, 1.54) is 13.2 Å². The fourth-order valence-corrected chi connectivity index (χ4v) is 4.85. The number of hydrogen-bond acceptors (Lipinski definition) is 7. The first-order valence-electron chi connectivity index (χ1n) is 13.9. The summed E-state index contributed by atoms with van der Waals surface area (Å²) in [6, 6.07) is 22.3. The lowest BCUT2D eigenvalue weighted by atomic mass is 10.1. The van der Waals surface area contributed by atoms with E-state index >= 15 is 0 Å². The fourth-order valence-electron chi connectivity index (χ4n) is 4.69. The predicted molar refractivity (Wildman–Crippen MR) is 163 cm³/mol. The average Bonchev–Trinajstić information content (AvgIpc) is 3.54. The molecule has 0 radical (unpaired) electrons. The summed E-state index contributed by atoms with van der Waals surface area (Å²) < 4.78 is 30.3. The Bertz CT molecular complexity index is 1590. The van der Waals surface area contributed by atoms with Crippen molar-refractivity contribution in [2.75, 3.05) is 30.9 Å². The molecular weight excluding hydrogens is 573 g/mol. The van der Waals surface area contributed by atoms with Crippen molar-refractivity contribution < 1.29 is 28.2 Å². The second kappa shape index (κ2) is 14.1. The highest BCUT2D eigenvalue weighted by Crippen LogP contribution is 2.26. The minimum absolute atomic E-state index is 0.0184. The molecule has 2 N–H and O–H groups in total. The molecule has 8 nitrogen and oxygen atoms in total. The zero-order valence-corrected chi connectivity index (χ0v) is 24.3. The lowest BCUT2D eigenvalue weighted by Gasteiger charge is -2.17. The molecule has 1 saturated heterocycles. The molecule has 0 aliphatic carbocycles. The van der Waals surface area contributed by atoms with Crippen LogP contribution in [0, 0.1) is 5.82 Å². The Morgan fingerprint density at radius 3 is 2.63 bits per heavy atom. The predicted octanol–water partition coefficient (Wildman–Crippen LogP) is 6.68. The number of nitrogens with one attached hydrogen (secondary N) is 2. The van der Waals surface area contributed by atoms with Crippen LogP contribution in [0.2, 0.25) is 5.02 Å². The SMILES string of the molecule is COC(=O)c1ccc(NC(=O)Cc2ccc(-c3cccc(OCc4ccc(Cl)cc4F)n3)cc2)c(NC[C@H]2CCCO2)c1. The van der Waals surface area contributed by atoms with E-state index in [2.05, 4.69) is 15.6 Å². The summed E-state index contributed by atoms with van der Waals surface area (Å²) >= 11 is 5.82. The zero-order valence-electron chi connectivity index (χ0n) is 23.6. The van der Waals surface area contributed by atoms with Crippen LogP contribution in [-0.2, 0) is 27.3 Å². The highest BCUT2D eigenvalue weighted by molar-refractivity contribution is 6.30. The summed E-state index contributed by atoms with van der Waals surface area (Å²) in [5.74, 6) is -0.744. The quantitative estimate of drug-likeness (QED) is 0.185. The number of benzene rings is 3. The first kappa shape index (κ1) is 30.0. The smallest absolute Gasteiger partial charge is 0.337 e. The van der Waals surface area contributed by atoms with Gasteiger partial charge in [0.2, 0.25) is 11.8 Å². The van der Waals surface area contributed by atoms with Crippen molar-refractivity contribution in [2.45, 2.75) is 32.0 Å². The molecule has 0 unspecified atom stereocenters. The molecule has 2 heterocycles. The zero-order chi connectivity index (χ0) is 30.2. The number of nitrogens with zero attached hydrogens (tertiary/aromatic N) is 1. The molecule has 1 amide bonds. The van der Waals surface area contributed by atoms with Crippen molar-refractivity contribution in [1.82, 2.24) is 4.98 Å². The van der Waals surface area contributed by atoms with E-state index in [1.807, 2.05) is 36.4 Å². The molecular formula is C33H31ClFN3O5. The Kier molecular flexibility index (Phi) is 9.86. The maximum atomic E-state index is 14.1. The summed E-state index contributed by atoms with van der Waals surface area (Å²) in [6.07, 6.45) is 2.19. The molecule has 0 saturated carbocycles. The Morgan fingerprint density at radius 2 is 1.88 bits per heavy atom. The molecule has 10 heteroatoms. The van der Waals surface area contributed by atoms with Crippen LogP contribution < -0.4 is 15.4 Å². The Labute approximate surface area is 254 Å². The topological polar surface area (TPSA) is 98.8 Å². The van der Waals surface area contributed by atoms with Crippen LogP contribution in [0.1, 0.15) is 34.3 Å². The molecule has 222 valence electrons. The number of methoxy groups -OCH3 is 1. The number of halogens is 2. The first-order valence-corrected chi connectivity index (χ1v) is 14.3. The van der Waals surface area contributed by atoms with E-state index in [0.717, 1.165) is 30.6 Å². The van der Waals surface area contributed by atoms with Gasteiger partial charge in [0.1, 0.15) is 12.4 Å². The number of ether oxygens (including phenoxy) is 3. The molecule has 0 bridgehead atoms. The van der Waals surface area contributed by atoms with E-state index in [9.17, 15) is 14.0 Å². The molecule has 0 spiro atoms. The Balaban J connectivity index is 1.21. The van der Waals surface area contributed by atoms with Crippen LogP contribution >= 0.6 is 11.6 Å². The Hall–Kier alpha value is -4.47.